The Morgan fingerprint density at radius 2 is 1.75 bits per heavy atom. The fraction of sp³-hybridized carbons (Fsp3) is 0.727. The topological polar surface area (TPSA) is 86.9 Å². The summed E-state index contributed by atoms with van der Waals surface area (Å²) >= 11 is 0. The van der Waals surface area contributed by atoms with Crippen LogP contribution in [0.5, 0.6) is 0 Å². The standard InChI is InChI=1S/C11H23N5/c12-5-1-3-7-15-9-10-16(11(15)14)8-4-2-6-13/h9-10,14H,1-8,12-13H2/p+1. The SMILES string of the molecule is NCCCCn1cc[n+](CCCCN)c1N. The van der Waals surface area contributed by atoms with Gasteiger partial charge in [0.15, 0.2) is 0 Å². The van der Waals surface area contributed by atoms with E-state index in [1.54, 1.807) is 0 Å². The van der Waals surface area contributed by atoms with E-state index in [4.69, 9.17) is 17.2 Å². The highest BCUT2D eigenvalue weighted by atomic mass is 15.2. The van der Waals surface area contributed by atoms with Gasteiger partial charge in [-0.2, -0.15) is 0 Å². The van der Waals surface area contributed by atoms with E-state index in [1.807, 2.05) is 12.4 Å². The van der Waals surface area contributed by atoms with Crippen LogP contribution in [0.1, 0.15) is 25.7 Å². The minimum absolute atomic E-state index is 0.748. The molecule has 1 heterocycles. The molecule has 92 valence electrons. The third-order valence-electron chi connectivity index (χ3n) is 2.72. The molecule has 0 bridgehead atoms. The highest BCUT2D eigenvalue weighted by Crippen LogP contribution is 2.01. The Balaban J connectivity index is 2.41. The minimum atomic E-state index is 0.748. The molecule has 5 nitrogen and oxygen atoms in total. The van der Waals surface area contributed by atoms with Gasteiger partial charge in [0.05, 0.1) is 25.5 Å². The lowest BCUT2D eigenvalue weighted by Crippen LogP contribution is -2.36. The Morgan fingerprint density at radius 3 is 2.44 bits per heavy atom. The van der Waals surface area contributed by atoms with Crippen molar-refractivity contribution in [2.24, 2.45) is 11.5 Å². The first-order valence-electron chi connectivity index (χ1n) is 6.03. The van der Waals surface area contributed by atoms with Crippen LogP contribution in [-0.4, -0.2) is 17.7 Å². The lowest BCUT2D eigenvalue weighted by molar-refractivity contribution is -0.682. The average Bonchev–Trinajstić information content (AvgIpc) is 2.62. The second-order valence-electron chi connectivity index (χ2n) is 4.03. The molecule has 16 heavy (non-hydrogen) atoms. The predicted octanol–water partition coefficient (Wildman–Crippen LogP) is -0.164. The summed E-state index contributed by atoms with van der Waals surface area (Å²) < 4.78 is 4.16. The number of rotatable bonds is 8. The molecular weight excluding hydrogens is 202 g/mol. The Morgan fingerprint density at radius 1 is 1.06 bits per heavy atom. The highest BCUT2D eigenvalue weighted by molar-refractivity contribution is 5.08. The first-order chi connectivity index (χ1) is 7.79. The smallest absolute Gasteiger partial charge is 0.330 e. The number of hydrogen-bond donors (Lipinski definition) is 3. The van der Waals surface area contributed by atoms with Crippen LogP contribution in [0.15, 0.2) is 12.4 Å². The molecule has 1 aromatic rings. The highest BCUT2D eigenvalue weighted by Gasteiger charge is 2.10. The van der Waals surface area contributed by atoms with Crippen molar-refractivity contribution < 1.29 is 4.57 Å². The van der Waals surface area contributed by atoms with Gasteiger partial charge in [-0.05, 0) is 38.8 Å². The van der Waals surface area contributed by atoms with E-state index < -0.39 is 0 Å². The number of imidazole rings is 1. The van der Waals surface area contributed by atoms with Gasteiger partial charge >= 0.3 is 5.95 Å². The van der Waals surface area contributed by atoms with Gasteiger partial charge in [0, 0.05) is 0 Å². The van der Waals surface area contributed by atoms with Crippen LogP contribution < -0.4 is 21.8 Å². The van der Waals surface area contributed by atoms with Crippen LogP contribution in [-0.2, 0) is 13.1 Å². The summed E-state index contributed by atoms with van der Waals surface area (Å²) in [6.45, 7) is 3.40. The molecule has 0 saturated carbocycles. The normalized spacial score (nSPS) is 10.9. The van der Waals surface area contributed by atoms with Crippen LogP contribution in [0, 0.1) is 0 Å². The van der Waals surface area contributed by atoms with Crippen LogP contribution in [0.25, 0.3) is 0 Å². The Hall–Kier alpha value is -1.07. The van der Waals surface area contributed by atoms with E-state index in [0.29, 0.717) is 0 Å². The molecule has 0 aliphatic heterocycles. The molecule has 0 atom stereocenters. The number of nitrogen functional groups attached to an aromatic ring is 1. The molecule has 0 fully saturated rings. The van der Waals surface area contributed by atoms with E-state index in [1.165, 1.54) is 0 Å². The van der Waals surface area contributed by atoms with Gasteiger partial charge in [0.2, 0.25) is 0 Å². The molecule has 0 aromatic carbocycles. The third-order valence-corrected chi connectivity index (χ3v) is 2.72. The lowest BCUT2D eigenvalue weighted by Gasteiger charge is -2.01. The lowest BCUT2D eigenvalue weighted by atomic mass is 10.3. The van der Waals surface area contributed by atoms with Crippen molar-refractivity contribution in [2.75, 3.05) is 18.8 Å². The zero-order valence-electron chi connectivity index (χ0n) is 9.94. The predicted molar refractivity (Wildman–Crippen MR) is 65.6 cm³/mol. The van der Waals surface area contributed by atoms with Crippen molar-refractivity contribution in [3.8, 4) is 0 Å². The van der Waals surface area contributed by atoms with Gasteiger partial charge in [-0.3, -0.25) is 5.73 Å². The largest absolute Gasteiger partial charge is 0.355 e. The molecule has 0 spiro atoms. The van der Waals surface area contributed by atoms with Gasteiger partial charge in [-0.15, -0.1) is 0 Å². The fourth-order valence-corrected chi connectivity index (χ4v) is 1.71. The van der Waals surface area contributed by atoms with Gasteiger partial charge < -0.3 is 11.5 Å². The van der Waals surface area contributed by atoms with Crippen LogP contribution in [0.4, 0.5) is 5.95 Å². The molecule has 0 aliphatic rings. The number of aryl methyl sites for hydroxylation is 2. The van der Waals surface area contributed by atoms with Crippen molar-refractivity contribution in [2.45, 2.75) is 38.8 Å². The van der Waals surface area contributed by atoms with Crippen molar-refractivity contribution in [1.82, 2.24) is 4.57 Å². The molecule has 0 radical (unpaired) electrons. The summed E-state index contributed by atoms with van der Waals surface area (Å²) in [4.78, 5) is 0. The first kappa shape index (κ1) is 13.0. The molecule has 0 aliphatic carbocycles. The number of nitrogens with zero attached hydrogens (tertiary/aromatic N) is 2. The van der Waals surface area contributed by atoms with E-state index in [-0.39, 0.29) is 0 Å². The third kappa shape index (κ3) is 3.83. The van der Waals surface area contributed by atoms with Gasteiger partial charge in [0.25, 0.3) is 0 Å². The van der Waals surface area contributed by atoms with Crippen LogP contribution >= 0.6 is 0 Å². The Labute approximate surface area is 97.2 Å². The van der Waals surface area contributed by atoms with E-state index in [9.17, 15) is 0 Å². The summed E-state index contributed by atoms with van der Waals surface area (Å²) in [6.07, 6.45) is 8.33. The maximum Gasteiger partial charge on any atom is 0.355 e. The molecule has 0 amide bonds. The van der Waals surface area contributed by atoms with Gasteiger partial charge in [-0.1, -0.05) is 0 Å². The molecule has 5 heteroatoms. The fourth-order valence-electron chi connectivity index (χ4n) is 1.71. The summed E-state index contributed by atoms with van der Waals surface area (Å²) in [5.41, 5.74) is 17.0. The maximum absolute atomic E-state index is 6.03. The van der Waals surface area contributed by atoms with Crippen LogP contribution in [0.3, 0.4) is 0 Å². The number of nitrogens with two attached hydrogens (primary N) is 3. The number of unbranched alkanes of at least 4 members (excludes halogenated alkanes) is 2. The second kappa shape index (κ2) is 7.24. The zero-order valence-corrected chi connectivity index (χ0v) is 9.94. The second-order valence-corrected chi connectivity index (χ2v) is 4.03. The summed E-state index contributed by atoms with van der Waals surface area (Å²) in [5, 5.41) is 0. The van der Waals surface area contributed by atoms with E-state index >= 15 is 0 Å². The van der Waals surface area contributed by atoms with Crippen LogP contribution in [0.2, 0.25) is 0 Å². The number of anilines is 1. The molecule has 0 saturated heterocycles. The Bertz CT molecular complexity index is 267. The van der Waals surface area contributed by atoms with Crippen molar-refractivity contribution >= 4 is 5.95 Å². The summed E-state index contributed by atoms with van der Waals surface area (Å²) in [7, 11) is 0. The molecule has 1 aromatic heterocycles. The average molecular weight is 226 g/mol. The zero-order chi connectivity index (χ0) is 11.8. The Kier molecular flexibility index (Phi) is 5.88. The molecule has 0 unspecified atom stereocenters. The van der Waals surface area contributed by atoms with Crippen molar-refractivity contribution in [1.29, 1.82) is 0 Å². The summed E-state index contributed by atoms with van der Waals surface area (Å²) in [6, 6.07) is 0. The monoisotopic (exact) mass is 226 g/mol. The van der Waals surface area contributed by atoms with E-state index in [0.717, 1.165) is 57.8 Å². The quantitative estimate of drug-likeness (QED) is 0.425. The number of aromatic nitrogens is 2. The van der Waals surface area contributed by atoms with Gasteiger partial charge in [0.1, 0.15) is 0 Å². The first-order valence-corrected chi connectivity index (χ1v) is 6.03. The molecular formula is C11H24N5+. The maximum atomic E-state index is 6.03. The molecule has 1 rings (SSSR count). The van der Waals surface area contributed by atoms with Crippen molar-refractivity contribution in [3.05, 3.63) is 12.4 Å². The van der Waals surface area contributed by atoms with Gasteiger partial charge in [-0.25, -0.2) is 9.13 Å². The molecule has 6 N–H and O–H groups in total. The van der Waals surface area contributed by atoms with E-state index in [2.05, 4.69) is 9.13 Å². The minimum Gasteiger partial charge on any atom is -0.330 e. The van der Waals surface area contributed by atoms with Crippen molar-refractivity contribution in [3.63, 3.8) is 0 Å². The number of hydrogen-bond acceptors (Lipinski definition) is 3. The summed E-state index contributed by atoms with van der Waals surface area (Å²) in [5.74, 6) is 0.828.